The number of hydrogen-bond acceptors (Lipinski definition) is 5. The summed E-state index contributed by atoms with van der Waals surface area (Å²) in [5.41, 5.74) is 3.75. The third-order valence-electron chi connectivity index (χ3n) is 4.15. The van der Waals surface area contributed by atoms with Crippen molar-refractivity contribution < 1.29 is 22.9 Å². The number of anilines is 1. The Morgan fingerprint density at radius 2 is 2.16 bits per heavy atom. The lowest BCUT2D eigenvalue weighted by Crippen LogP contribution is -2.31. The Bertz CT molecular complexity index is 651. The van der Waals surface area contributed by atoms with Crippen molar-refractivity contribution in [1.82, 2.24) is 4.90 Å². The third kappa shape index (κ3) is 4.81. The topological polar surface area (TPSA) is 102 Å². The van der Waals surface area contributed by atoms with Crippen LogP contribution in [0.4, 0.5) is 24.5 Å². The number of carbonyl (C=O) groups is 1. The van der Waals surface area contributed by atoms with E-state index in [-0.39, 0.29) is 30.5 Å². The van der Waals surface area contributed by atoms with Crippen LogP contribution in [0.15, 0.2) is 18.2 Å². The van der Waals surface area contributed by atoms with Gasteiger partial charge in [0.15, 0.2) is 0 Å². The Kier molecular flexibility index (Phi) is 5.83. The van der Waals surface area contributed by atoms with Gasteiger partial charge in [-0.2, -0.15) is 13.2 Å². The summed E-state index contributed by atoms with van der Waals surface area (Å²) in [5.74, 6) is 0.172. The van der Waals surface area contributed by atoms with Gasteiger partial charge in [0.1, 0.15) is 5.69 Å². The van der Waals surface area contributed by atoms with Gasteiger partial charge in [-0.15, -0.1) is 0 Å². The molecule has 1 aromatic rings. The van der Waals surface area contributed by atoms with Gasteiger partial charge in [0, 0.05) is 32.1 Å². The SMILES string of the molecule is NCC1CCN(C(=O)CCNc2ccc(C(F)(F)F)cc2[N+](=O)[O-])C1. The normalized spacial score (nSPS) is 17.6. The molecule has 1 aliphatic rings. The van der Waals surface area contributed by atoms with Crippen molar-refractivity contribution in [2.45, 2.75) is 19.0 Å². The lowest BCUT2D eigenvalue weighted by atomic mass is 10.1. The fourth-order valence-electron chi connectivity index (χ4n) is 2.72. The van der Waals surface area contributed by atoms with Gasteiger partial charge in [-0.3, -0.25) is 14.9 Å². The van der Waals surface area contributed by atoms with Crippen LogP contribution in [0, 0.1) is 16.0 Å². The number of nitrogens with zero attached hydrogens (tertiary/aromatic N) is 2. The number of benzene rings is 1. The Labute approximate surface area is 142 Å². The summed E-state index contributed by atoms with van der Waals surface area (Å²) < 4.78 is 38.0. The molecule has 1 unspecified atom stereocenters. The van der Waals surface area contributed by atoms with Crippen molar-refractivity contribution in [3.63, 3.8) is 0 Å². The van der Waals surface area contributed by atoms with E-state index in [2.05, 4.69) is 5.32 Å². The minimum Gasteiger partial charge on any atom is -0.379 e. The number of nitrogens with one attached hydrogen (secondary N) is 1. The molecular formula is C15H19F3N4O3. The van der Waals surface area contributed by atoms with Crippen LogP contribution in [0.2, 0.25) is 0 Å². The van der Waals surface area contributed by atoms with Crippen molar-refractivity contribution >= 4 is 17.3 Å². The molecule has 0 saturated carbocycles. The highest BCUT2D eigenvalue weighted by atomic mass is 19.4. The second kappa shape index (κ2) is 7.68. The third-order valence-corrected chi connectivity index (χ3v) is 4.15. The van der Waals surface area contributed by atoms with Gasteiger partial charge < -0.3 is 16.0 Å². The second-order valence-corrected chi connectivity index (χ2v) is 5.89. The van der Waals surface area contributed by atoms with Gasteiger partial charge >= 0.3 is 6.18 Å². The molecule has 1 fully saturated rings. The molecular weight excluding hydrogens is 341 g/mol. The summed E-state index contributed by atoms with van der Waals surface area (Å²) in [4.78, 5) is 23.8. The van der Waals surface area contributed by atoms with E-state index in [0.29, 0.717) is 25.7 Å². The number of hydrogen-bond donors (Lipinski definition) is 2. The van der Waals surface area contributed by atoms with E-state index in [4.69, 9.17) is 5.73 Å². The summed E-state index contributed by atoms with van der Waals surface area (Å²) in [6.07, 6.45) is -3.72. The Hall–Kier alpha value is -2.36. The molecule has 1 saturated heterocycles. The van der Waals surface area contributed by atoms with Gasteiger partial charge in [-0.1, -0.05) is 0 Å². The fraction of sp³-hybridized carbons (Fsp3) is 0.533. The van der Waals surface area contributed by atoms with E-state index in [9.17, 15) is 28.1 Å². The van der Waals surface area contributed by atoms with Crippen LogP contribution in [0.25, 0.3) is 0 Å². The number of amides is 1. The van der Waals surface area contributed by atoms with Crippen molar-refractivity contribution in [3.05, 3.63) is 33.9 Å². The molecule has 1 aliphatic heterocycles. The summed E-state index contributed by atoms with van der Waals surface area (Å²) in [5, 5.41) is 13.7. The molecule has 7 nitrogen and oxygen atoms in total. The Morgan fingerprint density at radius 1 is 1.44 bits per heavy atom. The first-order chi connectivity index (χ1) is 11.7. The molecule has 0 aromatic heterocycles. The van der Waals surface area contributed by atoms with Crippen molar-refractivity contribution in [2.75, 3.05) is 31.5 Å². The van der Waals surface area contributed by atoms with Crippen molar-refractivity contribution in [2.24, 2.45) is 11.7 Å². The zero-order valence-electron chi connectivity index (χ0n) is 13.4. The fourth-order valence-corrected chi connectivity index (χ4v) is 2.72. The van der Waals surface area contributed by atoms with Crippen LogP contribution in [-0.2, 0) is 11.0 Å². The molecule has 1 heterocycles. The number of carbonyl (C=O) groups excluding carboxylic acids is 1. The average molecular weight is 360 g/mol. The molecule has 3 N–H and O–H groups in total. The van der Waals surface area contributed by atoms with Crippen LogP contribution in [-0.4, -0.2) is 41.9 Å². The maximum Gasteiger partial charge on any atom is 0.416 e. The van der Waals surface area contributed by atoms with Crippen LogP contribution in [0.1, 0.15) is 18.4 Å². The number of halogens is 3. The monoisotopic (exact) mass is 360 g/mol. The van der Waals surface area contributed by atoms with Crippen molar-refractivity contribution in [1.29, 1.82) is 0 Å². The van der Waals surface area contributed by atoms with Gasteiger partial charge in [-0.25, -0.2) is 0 Å². The van der Waals surface area contributed by atoms with Crippen molar-refractivity contribution in [3.8, 4) is 0 Å². The number of rotatable bonds is 6. The zero-order chi connectivity index (χ0) is 18.6. The Morgan fingerprint density at radius 3 is 2.72 bits per heavy atom. The quantitative estimate of drug-likeness (QED) is 0.598. The first-order valence-corrected chi connectivity index (χ1v) is 7.79. The highest BCUT2D eigenvalue weighted by Gasteiger charge is 2.33. The maximum absolute atomic E-state index is 12.7. The molecule has 1 aromatic carbocycles. The summed E-state index contributed by atoms with van der Waals surface area (Å²) in [7, 11) is 0. The largest absolute Gasteiger partial charge is 0.416 e. The molecule has 0 spiro atoms. The number of likely N-dealkylation sites (tertiary alicyclic amines) is 1. The maximum atomic E-state index is 12.7. The number of nitro groups is 1. The van der Waals surface area contributed by atoms with Crippen LogP contribution in [0.3, 0.4) is 0 Å². The minimum absolute atomic E-state index is 0.0490. The molecule has 0 bridgehead atoms. The molecule has 1 atom stereocenters. The van der Waals surface area contributed by atoms with Gasteiger partial charge in [0.25, 0.3) is 5.69 Å². The molecule has 138 valence electrons. The molecule has 0 aliphatic carbocycles. The van der Waals surface area contributed by atoms with Crippen LogP contribution < -0.4 is 11.1 Å². The van der Waals surface area contributed by atoms with Gasteiger partial charge in [-0.05, 0) is 31.0 Å². The van der Waals surface area contributed by atoms with E-state index >= 15 is 0 Å². The number of nitrogens with two attached hydrogens (primary N) is 1. The molecule has 0 radical (unpaired) electrons. The first-order valence-electron chi connectivity index (χ1n) is 7.79. The van der Waals surface area contributed by atoms with E-state index in [1.165, 1.54) is 0 Å². The first kappa shape index (κ1) is 19.0. The smallest absolute Gasteiger partial charge is 0.379 e. The average Bonchev–Trinajstić information content (AvgIpc) is 3.03. The number of alkyl halides is 3. The molecule has 1 amide bonds. The van der Waals surface area contributed by atoms with E-state index < -0.39 is 22.4 Å². The molecule has 25 heavy (non-hydrogen) atoms. The molecule has 10 heteroatoms. The summed E-state index contributed by atoms with van der Waals surface area (Å²) in [6.45, 7) is 1.82. The predicted molar refractivity (Wildman–Crippen MR) is 84.9 cm³/mol. The molecule has 2 rings (SSSR count). The summed E-state index contributed by atoms with van der Waals surface area (Å²) >= 11 is 0. The zero-order valence-corrected chi connectivity index (χ0v) is 13.4. The lowest BCUT2D eigenvalue weighted by Gasteiger charge is -2.16. The standard InChI is InChI=1S/C15H19F3N4O3/c16-15(17,18)11-1-2-12(13(7-11)22(24)25)20-5-3-14(23)21-6-4-10(8-19)9-21/h1-2,7,10,20H,3-6,8-9,19H2. The predicted octanol–water partition coefficient (Wildman–Crippen LogP) is 2.22. The van der Waals surface area contributed by atoms with Gasteiger partial charge in [0.05, 0.1) is 10.5 Å². The minimum atomic E-state index is -4.66. The van der Waals surface area contributed by atoms with Crippen LogP contribution in [0.5, 0.6) is 0 Å². The second-order valence-electron chi connectivity index (χ2n) is 5.89. The lowest BCUT2D eigenvalue weighted by molar-refractivity contribution is -0.384. The highest BCUT2D eigenvalue weighted by Crippen LogP contribution is 2.34. The summed E-state index contributed by atoms with van der Waals surface area (Å²) in [6, 6.07) is 2.26. The van der Waals surface area contributed by atoms with Gasteiger partial charge in [0.2, 0.25) is 5.91 Å². The van der Waals surface area contributed by atoms with E-state index in [1.807, 2.05) is 0 Å². The Balaban J connectivity index is 1.96. The van der Waals surface area contributed by atoms with E-state index in [1.54, 1.807) is 4.90 Å². The van der Waals surface area contributed by atoms with E-state index in [0.717, 1.165) is 18.6 Å². The number of nitro benzene ring substituents is 1. The van der Waals surface area contributed by atoms with Crippen LogP contribution >= 0.6 is 0 Å². The highest BCUT2D eigenvalue weighted by molar-refractivity contribution is 5.77.